The van der Waals surface area contributed by atoms with Gasteiger partial charge in [-0.1, -0.05) is 0 Å². The Labute approximate surface area is 66.9 Å². The van der Waals surface area contributed by atoms with E-state index in [1.54, 1.807) is 0 Å². The van der Waals surface area contributed by atoms with Gasteiger partial charge in [0.15, 0.2) is 0 Å². The van der Waals surface area contributed by atoms with Gasteiger partial charge < -0.3 is 24.9 Å². The molecule has 1 amide bonds. The van der Waals surface area contributed by atoms with Crippen LogP contribution in [0.2, 0.25) is 0 Å². The van der Waals surface area contributed by atoms with Crippen molar-refractivity contribution in [2.75, 3.05) is 0 Å². The van der Waals surface area contributed by atoms with Gasteiger partial charge in [-0.3, -0.25) is 13.9 Å². The maximum Gasteiger partial charge on any atom is 0.360 e. The van der Waals surface area contributed by atoms with Crippen LogP contribution in [0.4, 0.5) is 0 Å². The highest BCUT2D eigenvalue weighted by atomic mass is 31.2. The van der Waals surface area contributed by atoms with Crippen LogP contribution in [0.3, 0.4) is 0 Å². The molecule has 0 aliphatic heterocycles. The number of hydrogen-bond acceptors (Lipinski definition) is 3. The van der Waals surface area contributed by atoms with Crippen LogP contribution in [0.25, 0.3) is 0 Å². The number of rotatable bonds is 4. The molecule has 0 aromatic carbocycles. The molecule has 0 saturated carbocycles. The molecule has 0 aliphatic carbocycles. The van der Waals surface area contributed by atoms with E-state index in [-0.39, 0.29) is 6.41 Å². The molecule has 0 atom stereocenters. The molecule has 10 heteroatoms. The molecule has 0 bridgehead atoms. The van der Waals surface area contributed by atoms with E-state index < -0.39 is 20.7 Å². The topological polar surface area (TPSA) is 144 Å². The zero-order valence-corrected chi connectivity index (χ0v) is 7.35. The van der Waals surface area contributed by atoms with Gasteiger partial charge in [0.05, 0.1) is 0 Å². The summed E-state index contributed by atoms with van der Waals surface area (Å²) in [6.07, 6.45) is -0.192. The fourth-order valence-electron chi connectivity index (χ4n) is 0.451. The molecule has 0 fully saturated rings. The van der Waals surface area contributed by atoms with Crippen molar-refractivity contribution in [3.05, 3.63) is 0 Å². The van der Waals surface area contributed by atoms with E-state index in [1.165, 1.54) is 5.32 Å². The summed E-state index contributed by atoms with van der Waals surface area (Å²) >= 11 is 0. The first-order chi connectivity index (χ1) is 5.19. The lowest BCUT2D eigenvalue weighted by molar-refractivity contribution is -0.109. The van der Waals surface area contributed by atoms with Crippen molar-refractivity contribution in [2.45, 2.75) is 5.52 Å². The molecule has 0 radical (unpaired) electrons. The largest absolute Gasteiger partial charge is 0.360 e. The predicted octanol–water partition coefficient (Wildman–Crippen LogP) is -1.63. The average Bonchev–Trinajstić information content (AvgIpc) is 1.77. The Bertz CT molecular complexity index is 228. The Balaban J connectivity index is 4.81. The number of nitrogens with one attached hydrogen (secondary N) is 1. The van der Waals surface area contributed by atoms with Gasteiger partial charge in [-0.25, -0.2) is 0 Å². The molecule has 0 spiro atoms. The minimum absolute atomic E-state index is 0.192. The number of carbonyl (C=O) groups is 1. The van der Waals surface area contributed by atoms with Crippen molar-refractivity contribution < 1.29 is 33.5 Å². The van der Waals surface area contributed by atoms with Crippen LogP contribution in [-0.2, 0) is 13.9 Å². The maximum absolute atomic E-state index is 10.3. The fourth-order valence-corrected chi connectivity index (χ4v) is 2.53. The lowest BCUT2D eigenvalue weighted by Crippen LogP contribution is -2.27. The molecule has 72 valence electrons. The molecule has 8 nitrogen and oxygen atoms in total. The minimum Gasteiger partial charge on any atom is -0.335 e. The Kier molecular flexibility index (Phi) is 3.59. The number of amides is 1. The third-order valence-corrected chi connectivity index (χ3v) is 4.23. The highest BCUT2D eigenvalue weighted by molar-refractivity contribution is 7.70. The zero-order valence-electron chi connectivity index (χ0n) is 5.56. The van der Waals surface area contributed by atoms with Crippen molar-refractivity contribution in [3.63, 3.8) is 0 Å². The van der Waals surface area contributed by atoms with Crippen LogP contribution in [-0.4, -0.2) is 31.5 Å². The van der Waals surface area contributed by atoms with Crippen LogP contribution < -0.4 is 5.32 Å². The number of hydrogen-bond donors (Lipinski definition) is 5. The van der Waals surface area contributed by atoms with Gasteiger partial charge >= 0.3 is 15.2 Å². The van der Waals surface area contributed by atoms with Gasteiger partial charge in [-0.2, -0.15) is 0 Å². The van der Waals surface area contributed by atoms with Gasteiger partial charge in [0.2, 0.25) is 11.9 Å². The first-order valence-electron chi connectivity index (χ1n) is 2.49. The van der Waals surface area contributed by atoms with Gasteiger partial charge in [0.25, 0.3) is 0 Å². The van der Waals surface area contributed by atoms with Crippen LogP contribution in [0.15, 0.2) is 0 Å². The molecule has 5 N–H and O–H groups in total. The first kappa shape index (κ1) is 11.8. The SMILES string of the molecule is O=CNC(P(=O)(O)O)P(=O)(O)O. The first-order valence-corrected chi connectivity index (χ1v) is 5.86. The van der Waals surface area contributed by atoms with Crippen molar-refractivity contribution in [1.82, 2.24) is 5.32 Å². The second kappa shape index (κ2) is 3.66. The average molecular weight is 219 g/mol. The molecular weight excluding hydrogens is 212 g/mol. The molecule has 0 rings (SSSR count). The second-order valence-corrected chi connectivity index (χ2v) is 5.63. The van der Waals surface area contributed by atoms with E-state index in [4.69, 9.17) is 19.6 Å². The third kappa shape index (κ3) is 3.44. The van der Waals surface area contributed by atoms with Crippen molar-refractivity contribution in [1.29, 1.82) is 0 Å². The summed E-state index contributed by atoms with van der Waals surface area (Å²) in [5, 5.41) is 1.36. The lowest BCUT2D eigenvalue weighted by Gasteiger charge is -2.17. The van der Waals surface area contributed by atoms with Crippen LogP contribution in [0.5, 0.6) is 0 Å². The monoisotopic (exact) mass is 219 g/mol. The standard InChI is InChI=1S/C2H7NO7P2/c4-1-3-2(11(5,6)7)12(8,9)10/h1-2H,(H,3,4)(H2,5,6,7)(H2,8,9,10). The van der Waals surface area contributed by atoms with Gasteiger partial charge in [-0.15, -0.1) is 0 Å². The smallest absolute Gasteiger partial charge is 0.335 e. The van der Waals surface area contributed by atoms with E-state index in [9.17, 15) is 13.9 Å². The van der Waals surface area contributed by atoms with Crippen molar-refractivity contribution >= 4 is 21.6 Å². The Morgan fingerprint density at radius 1 is 1.08 bits per heavy atom. The van der Waals surface area contributed by atoms with Gasteiger partial charge in [0.1, 0.15) is 0 Å². The van der Waals surface area contributed by atoms with Gasteiger partial charge in [0, 0.05) is 0 Å². The Morgan fingerprint density at radius 3 is 1.50 bits per heavy atom. The maximum atomic E-state index is 10.3. The summed E-state index contributed by atoms with van der Waals surface area (Å²) < 4.78 is 20.7. The summed E-state index contributed by atoms with van der Waals surface area (Å²) in [4.78, 5) is 43.1. The van der Waals surface area contributed by atoms with E-state index in [0.717, 1.165) is 0 Å². The van der Waals surface area contributed by atoms with Crippen LogP contribution >= 0.6 is 15.2 Å². The summed E-state index contributed by atoms with van der Waals surface area (Å²) in [7, 11) is -10.0. The van der Waals surface area contributed by atoms with Crippen molar-refractivity contribution in [3.8, 4) is 0 Å². The molecule has 0 aliphatic rings. The lowest BCUT2D eigenvalue weighted by atomic mass is 11.2. The Hall–Kier alpha value is -0.230. The quantitative estimate of drug-likeness (QED) is 0.282. The molecule has 0 heterocycles. The highest BCUT2D eigenvalue weighted by Gasteiger charge is 2.43. The zero-order chi connectivity index (χ0) is 9.99. The summed E-state index contributed by atoms with van der Waals surface area (Å²) in [5.74, 6) is 0. The fraction of sp³-hybridized carbons (Fsp3) is 0.500. The van der Waals surface area contributed by atoms with E-state index in [1.807, 2.05) is 0 Å². The summed E-state index contributed by atoms with van der Waals surface area (Å²) in [5.41, 5.74) is -2.46. The minimum atomic E-state index is -5.02. The molecule has 0 aromatic heterocycles. The van der Waals surface area contributed by atoms with E-state index >= 15 is 0 Å². The van der Waals surface area contributed by atoms with E-state index in [0.29, 0.717) is 0 Å². The molecule has 0 aromatic rings. The van der Waals surface area contributed by atoms with Crippen LogP contribution in [0.1, 0.15) is 0 Å². The normalized spacial score (nSPS) is 13.1. The third-order valence-electron chi connectivity index (χ3n) is 0.854. The Morgan fingerprint density at radius 2 is 1.42 bits per heavy atom. The summed E-state index contributed by atoms with van der Waals surface area (Å²) in [6.45, 7) is 0. The number of carbonyl (C=O) groups excluding carboxylic acids is 1. The van der Waals surface area contributed by atoms with Crippen molar-refractivity contribution in [2.24, 2.45) is 0 Å². The molecular formula is C2H7NO7P2. The summed E-state index contributed by atoms with van der Waals surface area (Å²) in [6, 6.07) is 0. The highest BCUT2D eigenvalue weighted by Crippen LogP contribution is 2.57. The second-order valence-electron chi connectivity index (χ2n) is 1.84. The molecule has 0 saturated heterocycles. The predicted molar refractivity (Wildman–Crippen MR) is 37.1 cm³/mol. The molecule has 12 heavy (non-hydrogen) atoms. The molecule has 0 unspecified atom stereocenters. The van der Waals surface area contributed by atoms with Crippen LogP contribution in [0, 0.1) is 0 Å². The van der Waals surface area contributed by atoms with Gasteiger partial charge in [-0.05, 0) is 0 Å². The van der Waals surface area contributed by atoms with E-state index in [2.05, 4.69) is 0 Å².